The molecule has 4 heteroatoms. The molecule has 1 rings (SSSR count). The van der Waals surface area contributed by atoms with Crippen LogP contribution in [-0.2, 0) is 6.54 Å². The van der Waals surface area contributed by atoms with Crippen LogP contribution in [0, 0.1) is 0 Å². The van der Waals surface area contributed by atoms with Crippen molar-refractivity contribution in [3.05, 3.63) is 18.2 Å². The first kappa shape index (κ1) is 6.10. The fourth-order valence-corrected chi connectivity index (χ4v) is 0.514. The first-order chi connectivity index (χ1) is 4.43. The number of hydrogen-bond acceptors (Lipinski definition) is 4. The van der Waals surface area contributed by atoms with Gasteiger partial charge in [-0.3, -0.25) is 0 Å². The Morgan fingerprint density at radius 1 is 1.56 bits per heavy atom. The Bertz CT molecular complexity index is 162. The topological polar surface area (TPSA) is 50.7 Å². The van der Waals surface area contributed by atoms with E-state index in [9.17, 15) is 0 Å². The van der Waals surface area contributed by atoms with Gasteiger partial charge in [-0.25, -0.2) is 4.98 Å². The summed E-state index contributed by atoms with van der Waals surface area (Å²) in [7, 11) is 1.84. The van der Waals surface area contributed by atoms with E-state index in [-0.39, 0.29) is 0 Å². The maximum atomic E-state index is 3.93. The predicted molar refractivity (Wildman–Crippen MR) is 32.6 cm³/mol. The van der Waals surface area contributed by atoms with Crippen molar-refractivity contribution in [3.63, 3.8) is 0 Å². The van der Waals surface area contributed by atoms with Crippen molar-refractivity contribution in [1.82, 2.24) is 20.5 Å². The Balaban J connectivity index is 2.61. The molecule has 1 heterocycles. The van der Waals surface area contributed by atoms with E-state index >= 15 is 0 Å². The fraction of sp³-hybridized carbons (Fsp3) is 0.400. The van der Waals surface area contributed by atoms with E-state index in [2.05, 4.69) is 20.5 Å². The summed E-state index contributed by atoms with van der Waals surface area (Å²) in [5.74, 6) is 0.722. The molecule has 0 radical (unpaired) electrons. The highest BCUT2D eigenvalue weighted by atomic mass is 15.1. The first-order valence-electron chi connectivity index (χ1n) is 2.70. The third-order valence-corrected chi connectivity index (χ3v) is 0.865. The van der Waals surface area contributed by atoms with E-state index in [1.54, 1.807) is 12.4 Å². The van der Waals surface area contributed by atoms with Crippen LogP contribution in [0.2, 0.25) is 0 Å². The molecule has 4 nitrogen and oxygen atoms in total. The molecular weight excluding hydrogens is 116 g/mol. The quantitative estimate of drug-likeness (QED) is 0.582. The minimum absolute atomic E-state index is 0.674. The van der Waals surface area contributed by atoms with Crippen LogP contribution in [0.25, 0.3) is 0 Å². The van der Waals surface area contributed by atoms with Crippen LogP contribution in [0.3, 0.4) is 0 Å². The second-order valence-corrected chi connectivity index (χ2v) is 1.59. The van der Waals surface area contributed by atoms with Crippen molar-refractivity contribution in [2.45, 2.75) is 6.54 Å². The van der Waals surface area contributed by atoms with Crippen molar-refractivity contribution < 1.29 is 0 Å². The van der Waals surface area contributed by atoms with Crippen LogP contribution in [-0.4, -0.2) is 22.2 Å². The molecule has 0 aliphatic carbocycles. The molecular formula is C5H8N4. The van der Waals surface area contributed by atoms with E-state index in [1.807, 2.05) is 7.05 Å². The van der Waals surface area contributed by atoms with Gasteiger partial charge in [-0.1, -0.05) is 0 Å². The standard InChI is InChI=1S/C5H8N4/c1-6-4-5-7-2-3-8-9-5/h2-3,6H,4H2,1H3. The third-order valence-electron chi connectivity index (χ3n) is 0.865. The van der Waals surface area contributed by atoms with Gasteiger partial charge in [0.15, 0.2) is 5.82 Å². The molecule has 1 aromatic rings. The monoisotopic (exact) mass is 124 g/mol. The molecule has 0 aliphatic rings. The van der Waals surface area contributed by atoms with Crippen LogP contribution >= 0.6 is 0 Å². The maximum absolute atomic E-state index is 3.93. The van der Waals surface area contributed by atoms with Gasteiger partial charge in [0.2, 0.25) is 0 Å². The summed E-state index contributed by atoms with van der Waals surface area (Å²) in [6.07, 6.45) is 3.18. The minimum Gasteiger partial charge on any atom is -0.313 e. The van der Waals surface area contributed by atoms with Gasteiger partial charge in [-0.05, 0) is 7.05 Å². The van der Waals surface area contributed by atoms with Gasteiger partial charge in [0, 0.05) is 6.20 Å². The molecule has 0 amide bonds. The zero-order chi connectivity index (χ0) is 6.53. The molecule has 0 bridgehead atoms. The Kier molecular flexibility index (Phi) is 2.09. The number of rotatable bonds is 2. The van der Waals surface area contributed by atoms with Crippen LogP contribution in [0.15, 0.2) is 12.4 Å². The van der Waals surface area contributed by atoms with E-state index in [4.69, 9.17) is 0 Å². The molecule has 0 aliphatic heterocycles. The van der Waals surface area contributed by atoms with Crippen molar-refractivity contribution >= 4 is 0 Å². The second kappa shape index (κ2) is 3.09. The summed E-state index contributed by atoms with van der Waals surface area (Å²) in [6.45, 7) is 0.674. The third kappa shape index (κ3) is 1.73. The lowest BCUT2D eigenvalue weighted by Crippen LogP contribution is -2.08. The van der Waals surface area contributed by atoms with Crippen molar-refractivity contribution in [3.8, 4) is 0 Å². The smallest absolute Gasteiger partial charge is 0.164 e. The molecule has 1 aromatic heterocycles. The molecule has 0 fully saturated rings. The lowest BCUT2D eigenvalue weighted by Gasteiger charge is -1.92. The zero-order valence-electron chi connectivity index (χ0n) is 5.20. The molecule has 9 heavy (non-hydrogen) atoms. The van der Waals surface area contributed by atoms with E-state index in [1.165, 1.54) is 0 Å². The Morgan fingerprint density at radius 3 is 3.00 bits per heavy atom. The molecule has 0 atom stereocenters. The maximum Gasteiger partial charge on any atom is 0.164 e. The molecule has 0 unspecified atom stereocenters. The average molecular weight is 124 g/mol. The molecule has 0 spiro atoms. The zero-order valence-corrected chi connectivity index (χ0v) is 5.20. The summed E-state index contributed by atoms with van der Waals surface area (Å²) in [6, 6.07) is 0. The Labute approximate surface area is 53.3 Å². The summed E-state index contributed by atoms with van der Waals surface area (Å²) < 4.78 is 0. The number of hydrogen-bond donors (Lipinski definition) is 1. The van der Waals surface area contributed by atoms with Crippen molar-refractivity contribution in [2.24, 2.45) is 0 Å². The van der Waals surface area contributed by atoms with Gasteiger partial charge in [-0.2, -0.15) is 5.10 Å². The van der Waals surface area contributed by atoms with Crippen molar-refractivity contribution in [1.29, 1.82) is 0 Å². The first-order valence-corrected chi connectivity index (χ1v) is 2.70. The predicted octanol–water partition coefficient (Wildman–Crippen LogP) is -0.409. The van der Waals surface area contributed by atoms with E-state index < -0.39 is 0 Å². The summed E-state index contributed by atoms with van der Waals surface area (Å²) in [5.41, 5.74) is 0. The SMILES string of the molecule is CNCc1nccnn1. The Hall–Kier alpha value is -1.03. The minimum atomic E-state index is 0.674. The number of aromatic nitrogens is 3. The van der Waals surface area contributed by atoms with Gasteiger partial charge in [-0.15, -0.1) is 5.10 Å². The highest BCUT2D eigenvalue weighted by Gasteiger charge is 1.88. The normalized spacial score (nSPS) is 9.44. The van der Waals surface area contributed by atoms with Gasteiger partial charge < -0.3 is 5.32 Å². The number of nitrogens with one attached hydrogen (secondary N) is 1. The van der Waals surface area contributed by atoms with Crippen LogP contribution in [0.4, 0.5) is 0 Å². The van der Waals surface area contributed by atoms with Crippen LogP contribution in [0.1, 0.15) is 5.82 Å². The van der Waals surface area contributed by atoms with Crippen LogP contribution < -0.4 is 5.32 Å². The molecule has 0 saturated carbocycles. The van der Waals surface area contributed by atoms with Crippen LogP contribution in [0.5, 0.6) is 0 Å². The average Bonchev–Trinajstić information content (AvgIpc) is 1.91. The molecule has 0 saturated heterocycles. The lowest BCUT2D eigenvalue weighted by molar-refractivity contribution is 0.729. The number of nitrogens with zero attached hydrogens (tertiary/aromatic N) is 3. The highest BCUT2D eigenvalue weighted by molar-refractivity contribution is 4.79. The lowest BCUT2D eigenvalue weighted by atomic mass is 10.6. The summed E-state index contributed by atoms with van der Waals surface area (Å²) in [4.78, 5) is 3.93. The molecule has 1 N–H and O–H groups in total. The summed E-state index contributed by atoms with van der Waals surface area (Å²) >= 11 is 0. The van der Waals surface area contributed by atoms with Crippen molar-refractivity contribution in [2.75, 3.05) is 7.05 Å². The van der Waals surface area contributed by atoms with Gasteiger partial charge in [0.05, 0.1) is 12.7 Å². The largest absolute Gasteiger partial charge is 0.313 e. The molecule has 48 valence electrons. The second-order valence-electron chi connectivity index (χ2n) is 1.59. The van der Waals surface area contributed by atoms with Gasteiger partial charge in [0.25, 0.3) is 0 Å². The molecule has 0 aromatic carbocycles. The van der Waals surface area contributed by atoms with Gasteiger partial charge >= 0.3 is 0 Å². The van der Waals surface area contributed by atoms with Gasteiger partial charge in [0.1, 0.15) is 0 Å². The van der Waals surface area contributed by atoms with E-state index in [0.717, 1.165) is 5.82 Å². The van der Waals surface area contributed by atoms with E-state index in [0.29, 0.717) is 6.54 Å². The summed E-state index contributed by atoms with van der Waals surface area (Å²) in [5, 5.41) is 10.3. The fourth-order valence-electron chi connectivity index (χ4n) is 0.514. The Morgan fingerprint density at radius 2 is 2.44 bits per heavy atom. The highest BCUT2D eigenvalue weighted by Crippen LogP contribution is 1.80.